The third kappa shape index (κ3) is 3.84. The van der Waals surface area contributed by atoms with E-state index in [0.29, 0.717) is 5.56 Å². The Bertz CT molecular complexity index is 601. The molecule has 2 aromatic rings. The van der Waals surface area contributed by atoms with Gasteiger partial charge in [-0.15, -0.1) is 0 Å². The van der Waals surface area contributed by atoms with E-state index < -0.39 is 0 Å². The highest BCUT2D eigenvalue weighted by Crippen LogP contribution is 2.16. The molecule has 2 N–H and O–H groups in total. The molecule has 1 aromatic carbocycles. The van der Waals surface area contributed by atoms with Crippen molar-refractivity contribution in [3.05, 3.63) is 41.7 Å². The molecule has 0 bridgehead atoms. The Labute approximate surface area is 125 Å². The minimum Gasteiger partial charge on any atom is -0.385 e. The largest absolute Gasteiger partial charge is 0.385 e. The van der Waals surface area contributed by atoms with Gasteiger partial charge in [0.1, 0.15) is 0 Å². The van der Waals surface area contributed by atoms with E-state index in [2.05, 4.69) is 22.7 Å². The lowest BCUT2D eigenvalue weighted by atomic mass is 10.2. The third-order valence-corrected chi connectivity index (χ3v) is 3.21. The number of rotatable bonds is 6. The number of amides is 1. The lowest BCUT2D eigenvalue weighted by Gasteiger charge is -2.07. The number of carbonyl (C=O) groups excluding carboxylic acids is 1. The lowest BCUT2D eigenvalue weighted by molar-refractivity contribution is 0.102. The van der Waals surface area contributed by atoms with E-state index in [9.17, 15) is 4.79 Å². The first-order valence-electron chi connectivity index (χ1n) is 7.31. The first kappa shape index (κ1) is 15.1. The third-order valence-electron chi connectivity index (χ3n) is 3.21. The van der Waals surface area contributed by atoms with E-state index in [0.717, 1.165) is 36.5 Å². The number of aromatic nitrogens is 2. The molecule has 112 valence electrons. The van der Waals surface area contributed by atoms with Crippen molar-refractivity contribution in [1.82, 2.24) is 9.78 Å². The number of nitrogens with one attached hydrogen (secondary N) is 2. The van der Waals surface area contributed by atoms with Crippen LogP contribution < -0.4 is 10.6 Å². The number of carbonyl (C=O) groups is 1. The fourth-order valence-corrected chi connectivity index (χ4v) is 2.10. The zero-order valence-corrected chi connectivity index (χ0v) is 12.8. The van der Waals surface area contributed by atoms with E-state index >= 15 is 0 Å². The summed E-state index contributed by atoms with van der Waals surface area (Å²) >= 11 is 0. The number of nitrogens with zero attached hydrogens (tertiary/aromatic N) is 2. The Morgan fingerprint density at radius 1 is 1.24 bits per heavy atom. The van der Waals surface area contributed by atoms with Crippen LogP contribution in [0.25, 0.3) is 0 Å². The summed E-state index contributed by atoms with van der Waals surface area (Å²) in [4.78, 5) is 12.2. The first-order valence-corrected chi connectivity index (χ1v) is 7.31. The lowest BCUT2D eigenvalue weighted by Crippen LogP contribution is -2.12. The molecule has 0 unspecified atom stereocenters. The highest BCUT2D eigenvalue weighted by Gasteiger charge is 2.11. The van der Waals surface area contributed by atoms with Crippen LogP contribution >= 0.6 is 0 Å². The second-order valence-corrected chi connectivity index (χ2v) is 4.97. The second-order valence-electron chi connectivity index (χ2n) is 4.97. The van der Waals surface area contributed by atoms with Crippen LogP contribution in [0.3, 0.4) is 0 Å². The van der Waals surface area contributed by atoms with Gasteiger partial charge in [0.15, 0.2) is 0 Å². The number of hydrogen-bond donors (Lipinski definition) is 2. The summed E-state index contributed by atoms with van der Waals surface area (Å²) < 4.78 is 1.71. The van der Waals surface area contributed by atoms with E-state index in [1.165, 1.54) is 0 Å². The fraction of sp³-hybridized carbons (Fsp3) is 0.375. The van der Waals surface area contributed by atoms with Crippen molar-refractivity contribution in [2.75, 3.05) is 17.2 Å². The Balaban J connectivity index is 2.06. The zero-order chi connectivity index (χ0) is 15.2. The molecular formula is C16H22N4O. The predicted octanol–water partition coefficient (Wildman–Crippen LogP) is 3.06. The van der Waals surface area contributed by atoms with Gasteiger partial charge in [0, 0.05) is 31.0 Å². The van der Waals surface area contributed by atoms with Gasteiger partial charge in [0.2, 0.25) is 0 Å². The molecule has 0 saturated carbocycles. The van der Waals surface area contributed by atoms with Crippen molar-refractivity contribution in [1.29, 1.82) is 0 Å². The molecule has 0 saturated heterocycles. The highest BCUT2D eigenvalue weighted by atomic mass is 16.1. The molecule has 0 aliphatic carbocycles. The molecule has 0 aliphatic rings. The maximum absolute atomic E-state index is 12.2. The molecule has 1 heterocycles. The fourth-order valence-electron chi connectivity index (χ4n) is 2.10. The monoisotopic (exact) mass is 286 g/mol. The highest BCUT2D eigenvalue weighted by molar-refractivity contribution is 6.04. The van der Waals surface area contributed by atoms with E-state index in [1.807, 2.05) is 44.4 Å². The zero-order valence-electron chi connectivity index (χ0n) is 12.8. The summed E-state index contributed by atoms with van der Waals surface area (Å²) in [5.74, 6) is -0.111. The van der Waals surface area contributed by atoms with Gasteiger partial charge in [-0.2, -0.15) is 5.10 Å². The standard InChI is InChI=1S/C16H22N4O/c1-4-10-17-13-8-6-12(7-9-13)16(21)18-15-11-20(3)19-14(15)5-2/h6-9,11,17H,4-5,10H2,1-3H3,(H,18,21). The molecule has 0 fully saturated rings. The average molecular weight is 286 g/mol. The molecule has 1 aromatic heterocycles. The van der Waals surface area contributed by atoms with Crippen molar-refractivity contribution >= 4 is 17.3 Å². The van der Waals surface area contributed by atoms with Crippen molar-refractivity contribution < 1.29 is 4.79 Å². The van der Waals surface area contributed by atoms with Crippen LogP contribution in [0, 0.1) is 0 Å². The van der Waals surface area contributed by atoms with Crippen LogP contribution in [-0.2, 0) is 13.5 Å². The smallest absolute Gasteiger partial charge is 0.255 e. The Kier molecular flexibility index (Phi) is 4.98. The SMILES string of the molecule is CCCNc1ccc(C(=O)Nc2cn(C)nc2CC)cc1. The second kappa shape index (κ2) is 6.92. The summed E-state index contributed by atoms with van der Waals surface area (Å²) in [7, 11) is 1.85. The summed E-state index contributed by atoms with van der Waals surface area (Å²) in [6.07, 6.45) is 3.69. The number of anilines is 2. The Morgan fingerprint density at radius 2 is 1.95 bits per heavy atom. The maximum Gasteiger partial charge on any atom is 0.255 e. The Morgan fingerprint density at radius 3 is 2.57 bits per heavy atom. The molecule has 2 rings (SSSR count). The number of benzene rings is 1. The van der Waals surface area contributed by atoms with Gasteiger partial charge in [-0.1, -0.05) is 13.8 Å². The summed E-state index contributed by atoms with van der Waals surface area (Å²) in [5, 5.41) is 10.5. The summed E-state index contributed by atoms with van der Waals surface area (Å²) in [5.41, 5.74) is 3.34. The molecule has 21 heavy (non-hydrogen) atoms. The molecule has 1 amide bonds. The van der Waals surface area contributed by atoms with Gasteiger partial charge in [0.25, 0.3) is 5.91 Å². The van der Waals surface area contributed by atoms with Gasteiger partial charge < -0.3 is 10.6 Å². The predicted molar refractivity (Wildman–Crippen MR) is 85.8 cm³/mol. The van der Waals surface area contributed by atoms with Crippen molar-refractivity contribution in [2.24, 2.45) is 7.05 Å². The molecule has 0 radical (unpaired) electrons. The molecular weight excluding hydrogens is 264 g/mol. The maximum atomic E-state index is 12.2. The quantitative estimate of drug-likeness (QED) is 0.858. The average Bonchev–Trinajstić information content (AvgIpc) is 2.85. The van der Waals surface area contributed by atoms with Crippen molar-refractivity contribution in [2.45, 2.75) is 26.7 Å². The molecule has 0 aliphatic heterocycles. The summed E-state index contributed by atoms with van der Waals surface area (Å²) in [6.45, 7) is 5.07. The van der Waals surface area contributed by atoms with Gasteiger partial charge in [0.05, 0.1) is 11.4 Å². The Hall–Kier alpha value is -2.30. The molecule has 0 atom stereocenters. The van der Waals surface area contributed by atoms with E-state index in [4.69, 9.17) is 0 Å². The van der Waals surface area contributed by atoms with E-state index in [-0.39, 0.29) is 5.91 Å². The topological polar surface area (TPSA) is 59.0 Å². The minimum atomic E-state index is -0.111. The van der Waals surface area contributed by atoms with Gasteiger partial charge in [-0.05, 0) is 37.1 Å². The van der Waals surface area contributed by atoms with Crippen LogP contribution in [0.2, 0.25) is 0 Å². The van der Waals surface area contributed by atoms with Gasteiger partial charge in [-0.3, -0.25) is 9.48 Å². The van der Waals surface area contributed by atoms with Crippen molar-refractivity contribution in [3.8, 4) is 0 Å². The first-order chi connectivity index (χ1) is 10.1. The normalized spacial score (nSPS) is 10.4. The van der Waals surface area contributed by atoms with Crippen LogP contribution in [-0.4, -0.2) is 22.2 Å². The van der Waals surface area contributed by atoms with Crippen LogP contribution in [0.5, 0.6) is 0 Å². The molecule has 0 spiro atoms. The van der Waals surface area contributed by atoms with Crippen LogP contribution in [0.15, 0.2) is 30.5 Å². The van der Waals surface area contributed by atoms with Gasteiger partial charge >= 0.3 is 0 Å². The minimum absolute atomic E-state index is 0.111. The van der Waals surface area contributed by atoms with Crippen molar-refractivity contribution in [3.63, 3.8) is 0 Å². The molecule has 5 heteroatoms. The van der Waals surface area contributed by atoms with Crippen LogP contribution in [0.4, 0.5) is 11.4 Å². The number of hydrogen-bond acceptors (Lipinski definition) is 3. The van der Waals surface area contributed by atoms with E-state index in [1.54, 1.807) is 4.68 Å². The number of aryl methyl sites for hydroxylation is 2. The summed E-state index contributed by atoms with van der Waals surface area (Å²) in [6, 6.07) is 7.51. The van der Waals surface area contributed by atoms with Crippen LogP contribution in [0.1, 0.15) is 36.3 Å². The van der Waals surface area contributed by atoms with Gasteiger partial charge in [-0.25, -0.2) is 0 Å². The molecule has 5 nitrogen and oxygen atoms in total.